The Bertz CT molecular complexity index is 754. The first kappa shape index (κ1) is 14.5. The molecule has 0 aliphatic carbocycles. The number of hydrogen-bond acceptors (Lipinski definition) is 4. The highest BCUT2D eigenvalue weighted by Gasteiger charge is 2.05. The maximum absolute atomic E-state index is 13.0. The summed E-state index contributed by atoms with van der Waals surface area (Å²) in [6, 6.07) is 11.9. The summed E-state index contributed by atoms with van der Waals surface area (Å²) >= 11 is 0. The fraction of sp³-hybridized carbons (Fsp3) is 0.250. The van der Waals surface area contributed by atoms with Crippen LogP contribution in [0.4, 0.5) is 10.1 Å². The van der Waals surface area contributed by atoms with Crippen LogP contribution in [0, 0.1) is 5.82 Å². The predicted molar refractivity (Wildman–Crippen MR) is 83.8 cm³/mol. The topological polar surface area (TPSA) is 52.0 Å². The lowest BCUT2D eigenvalue weighted by atomic mass is 10.2. The van der Waals surface area contributed by atoms with Crippen molar-refractivity contribution in [3.05, 3.63) is 48.3 Å². The number of rotatable bonds is 6. The number of aromatic nitrogens is 3. The van der Waals surface area contributed by atoms with Gasteiger partial charge in [-0.05, 0) is 48.9 Å². The van der Waals surface area contributed by atoms with Gasteiger partial charge in [0, 0.05) is 25.9 Å². The van der Waals surface area contributed by atoms with Crippen LogP contribution in [0.3, 0.4) is 0 Å². The van der Waals surface area contributed by atoms with Gasteiger partial charge >= 0.3 is 0 Å². The second kappa shape index (κ2) is 6.53. The first-order valence-corrected chi connectivity index (χ1v) is 7.12. The van der Waals surface area contributed by atoms with E-state index < -0.39 is 0 Å². The van der Waals surface area contributed by atoms with Gasteiger partial charge in [0.15, 0.2) is 0 Å². The summed E-state index contributed by atoms with van der Waals surface area (Å²) in [5.41, 5.74) is 3.31. The number of benzene rings is 2. The molecular weight excluding hydrogens is 283 g/mol. The third-order valence-electron chi connectivity index (χ3n) is 3.29. The number of halogens is 1. The van der Waals surface area contributed by atoms with Crippen LogP contribution in [0.1, 0.15) is 6.42 Å². The zero-order chi connectivity index (χ0) is 15.4. The molecular formula is C16H17FN4O. The highest BCUT2D eigenvalue weighted by atomic mass is 19.1. The molecule has 3 aromatic rings. The van der Waals surface area contributed by atoms with Crippen molar-refractivity contribution in [3.63, 3.8) is 0 Å². The quantitative estimate of drug-likeness (QED) is 0.711. The normalized spacial score (nSPS) is 11.0. The summed E-state index contributed by atoms with van der Waals surface area (Å²) in [6.45, 7) is 1.57. The van der Waals surface area contributed by atoms with Gasteiger partial charge < -0.3 is 10.1 Å². The minimum atomic E-state index is -0.275. The van der Waals surface area contributed by atoms with Crippen molar-refractivity contribution >= 4 is 16.7 Å². The van der Waals surface area contributed by atoms with Gasteiger partial charge in [-0.25, -0.2) is 4.39 Å². The molecule has 5 nitrogen and oxygen atoms in total. The van der Waals surface area contributed by atoms with E-state index in [1.807, 2.05) is 18.2 Å². The van der Waals surface area contributed by atoms with Crippen LogP contribution in [-0.2, 0) is 4.74 Å². The number of nitrogens with one attached hydrogen (secondary N) is 1. The summed E-state index contributed by atoms with van der Waals surface area (Å²) in [5, 5.41) is 12.2. The molecule has 0 amide bonds. The van der Waals surface area contributed by atoms with E-state index in [9.17, 15) is 4.39 Å². The van der Waals surface area contributed by atoms with Crippen molar-refractivity contribution in [2.45, 2.75) is 6.42 Å². The summed E-state index contributed by atoms with van der Waals surface area (Å²) in [5.74, 6) is -0.275. The third-order valence-corrected chi connectivity index (χ3v) is 3.29. The largest absolute Gasteiger partial charge is 0.385 e. The highest BCUT2D eigenvalue weighted by Crippen LogP contribution is 2.17. The second-order valence-electron chi connectivity index (χ2n) is 4.94. The number of hydrogen-bond donors (Lipinski definition) is 1. The average Bonchev–Trinajstić information content (AvgIpc) is 2.95. The summed E-state index contributed by atoms with van der Waals surface area (Å²) in [6.07, 6.45) is 0.941. The molecule has 114 valence electrons. The molecule has 0 fully saturated rings. The van der Waals surface area contributed by atoms with Gasteiger partial charge in [-0.3, -0.25) is 0 Å². The van der Waals surface area contributed by atoms with Crippen LogP contribution in [0.2, 0.25) is 0 Å². The van der Waals surface area contributed by atoms with Gasteiger partial charge in [0.25, 0.3) is 0 Å². The van der Waals surface area contributed by atoms with Crippen LogP contribution >= 0.6 is 0 Å². The fourth-order valence-corrected chi connectivity index (χ4v) is 2.16. The Morgan fingerprint density at radius 2 is 1.86 bits per heavy atom. The monoisotopic (exact) mass is 300 g/mol. The molecule has 22 heavy (non-hydrogen) atoms. The van der Waals surface area contributed by atoms with E-state index in [1.165, 1.54) is 16.9 Å². The molecule has 1 aromatic heterocycles. The van der Waals surface area contributed by atoms with E-state index in [4.69, 9.17) is 4.74 Å². The molecule has 0 spiro atoms. The Morgan fingerprint density at radius 3 is 2.64 bits per heavy atom. The zero-order valence-electron chi connectivity index (χ0n) is 12.3. The van der Waals surface area contributed by atoms with Gasteiger partial charge in [0.1, 0.15) is 16.9 Å². The molecule has 0 aliphatic heterocycles. The van der Waals surface area contributed by atoms with Crippen LogP contribution in [0.15, 0.2) is 42.5 Å². The van der Waals surface area contributed by atoms with Crippen molar-refractivity contribution < 1.29 is 9.13 Å². The lowest BCUT2D eigenvalue weighted by Crippen LogP contribution is -2.04. The fourth-order valence-electron chi connectivity index (χ4n) is 2.16. The van der Waals surface area contributed by atoms with Crippen LogP contribution in [0.25, 0.3) is 16.7 Å². The zero-order valence-corrected chi connectivity index (χ0v) is 12.3. The van der Waals surface area contributed by atoms with Crippen molar-refractivity contribution in [3.8, 4) is 5.69 Å². The van der Waals surface area contributed by atoms with Gasteiger partial charge in [0.2, 0.25) is 0 Å². The molecule has 3 rings (SSSR count). The molecule has 6 heteroatoms. The minimum Gasteiger partial charge on any atom is -0.385 e. The summed E-state index contributed by atoms with van der Waals surface area (Å²) in [7, 11) is 1.69. The summed E-state index contributed by atoms with van der Waals surface area (Å²) in [4.78, 5) is 1.51. The Hall–Kier alpha value is -2.47. The van der Waals surface area contributed by atoms with Crippen LogP contribution in [0.5, 0.6) is 0 Å². The first-order chi connectivity index (χ1) is 10.8. The summed E-state index contributed by atoms with van der Waals surface area (Å²) < 4.78 is 18.0. The van der Waals surface area contributed by atoms with Gasteiger partial charge in [-0.15, -0.1) is 10.2 Å². The van der Waals surface area contributed by atoms with Gasteiger partial charge in [-0.2, -0.15) is 4.80 Å². The van der Waals surface area contributed by atoms with Gasteiger partial charge in [0.05, 0.1) is 5.69 Å². The smallest absolute Gasteiger partial charge is 0.123 e. The van der Waals surface area contributed by atoms with Crippen molar-refractivity contribution in [1.29, 1.82) is 0 Å². The Morgan fingerprint density at radius 1 is 1.09 bits per heavy atom. The van der Waals surface area contributed by atoms with E-state index in [1.54, 1.807) is 19.2 Å². The van der Waals surface area contributed by atoms with E-state index in [-0.39, 0.29) is 5.82 Å². The molecule has 0 saturated heterocycles. The molecule has 0 saturated carbocycles. The SMILES string of the molecule is COCCCNc1ccc2nn(-c3ccc(F)cc3)nc2c1. The molecule has 1 N–H and O–H groups in total. The van der Waals surface area contributed by atoms with Crippen LogP contribution < -0.4 is 5.32 Å². The molecule has 1 heterocycles. The lowest BCUT2D eigenvalue weighted by molar-refractivity contribution is 0.198. The Kier molecular flexibility index (Phi) is 4.29. The molecule has 0 aliphatic rings. The van der Waals surface area contributed by atoms with Crippen molar-refractivity contribution in [1.82, 2.24) is 15.0 Å². The number of ether oxygens (including phenoxy) is 1. The number of nitrogens with zero attached hydrogens (tertiary/aromatic N) is 3. The maximum Gasteiger partial charge on any atom is 0.123 e. The van der Waals surface area contributed by atoms with Crippen molar-refractivity contribution in [2.75, 3.05) is 25.6 Å². The van der Waals surface area contributed by atoms with E-state index in [0.717, 1.165) is 42.0 Å². The Balaban J connectivity index is 1.79. The molecule has 2 aromatic carbocycles. The highest BCUT2D eigenvalue weighted by molar-refractivity contribution is 5.78. The molecule has 0 unspecified atom stereocenters. The molecule has 0 radical (unpaired) electrons. The lowest BCUT2D eigenvalue weighted by Gasteiger charge is -2.04. The Labute approximate surface area is 127 Å². The average molecular weight is 300 g/mol. The molecule has 0 bridgehead atoms. The number of fused-ring (bicyclic) bond motifs is 1. The molecule has 0 atom stereocenters. The maximum atomic E-state index is 13.0. The minimum absolute atomic E-state index is 0.275. The third kappa shape index (κ3) is 3.23. The van der Waals surface area contributed by atoms with Crippen molar-refractivity contribution in [2.24, 2.45) is 0 Å². The van der Waals surface area contributed by atoms with E-state index in [0.29, 0.717) is 0 Å². The van der Waals surface area contributed by atoms with E-state index >= 15 is 0 Å². The second-order valence-corrected chi connectivity index (χ2v) is 4.94. The van der Waals surface area contributed by atoms with Crippen LogP contribution in [-0.4, -0.2) is 35.3 Å². The standard InChI is InChI=1S/C16H17FN4O/c1-22-10-2-9-18-13-5-8-15-16(11-13)20-21(19-15)14-6-3-12(17)4-7-14/h3-8,11,18H,2,9-10H2,1H3. The number of anilines is 1. The first-order valence-electron chi connectivity index (χ1n) is 7.12. The predicted octanol–water partition coefficient (Wildman–Crippen LogP) is 3.01. The number of methoxy groups -OCH3 is 1. The van der Waals surface area contributed by atoms with Gasteiger partial charge in [-0.1, -0.05) is 0 Å². The van der Waals surface area contributed by atoms with E-state index in [2.05, 4.69) is 15.5 Å².